The third-order valence-corrected chi connectivity index (χ3v) is 13.7. The van der Waals surface area contributed by atoms with Crippen molar-refractivity contribution in [2.75, 3.05) is 0 Å². The van der Waals surface area contributed by atoms with Gasteiger partial charge in [-0.15, -0.1) is 0 Å². The summed E-state index contributed by atoms with van der Waals surface area (Å²) in [4.78, 5) is 0. The number of aryl methyl sites for hydroxylation is 2. The molecular formula is C56H46. The van der Waals surface area contributed by atoms with E-state index in [2.05, 4.69) is 177 Å². The minimum absolute atomic E-state index is 0.462. The van der Waals surface area contributed by atoms with Gasteiger partial charge in [-0.05, 0) is 218 Å². The van der Waals surface area contributed by atoms with Crippen LogP contribution in [-0.2, 0) is 0 Å². The van der Waals surface area contributed by atoms with E-state index < -0.39 is 0 Å². The van der Waals surface area contributed by atoms with Crippen molar-refractivity contribution in [1.82, 2.24) is 0 Å². The summed E-state index contributed by atoms with van der Waals surface area (Å²) in [6.07, 6.45) is 0. The molecule has 11 aromatic rings. The number of hydrogen-bond acceptors (Lipinski definition) is 0. The average molecular weight is 719 g/mol. The maximum absolute atomic E-state index is 2.54. The van der Waals surface area contributed by atoms with E-state index >= 15 is 0 Å². The quantitative estimate of drug-likeness (QED) is 0.159. The third kappa shape index (κ3) is 4.53. The van der Waals surface area contributed by atoms with Gasteiger partial charge in [0.1, 0.15) is 0 Å². The first kappa shape index (κ1) is 33.4. The Morgan fingerprint density at radius 1 is 0.304 bits per heavy atom. The molecule has 56 heavy (non-hydrogen) atoms. The SMILES string of the molecule is Cc1cccc(-c2cc3c4ccc5c(cc6c7ccc(C(C)C)cc7c7cc(-c8cccc(C)c8C)cc5c76)c4cc4c5ccc(C(C)C)cc5c(c2)c34)c1C. The van der Waals surface area contributed by atoms with Gasteiger partial charge in [-0.25, -0.2) is 0 Å². The van der Waals surface area contributed by atoms with Crippen LogP contribution in [0.15, 0.2) is 121 Å². The zero-order chi connectivity index (χ0) is 38.3. The molecule has 0 fully saturated rings. The van der Waals surface area contributed by atoms with Crippen LogP contribution >= 0.6 is 0 Å². The normalized spacial score (nSPS) is 12.6. The molecule has 0 radical (unpaired) electrons. The fraction of sp³-hybridized carbons (Fsp3) is 0.179. The fourth-order valence-corrected chi connectivity index (χ4v) is 10.2. The van der Waals surface area contributed by atoms with Crippen molar-refractivity contribution < 1.29 is 0 Å². The number of fused-ring (bicyclic) bond motifs is 11. The van der Waals surface area contributed by atoms with Gasteiger partial charge in [0.05, 0.1) is 0 Å². The molecule has 0 unspecified atom stereocenters. The van der Waals surface area contributed by atoms with Crippen LogP contribution in [0.1, 0.15) is 72.9 Å². The second kappa shape index (κ2) is 11.8. The van der Waals surface area contributed by atoms with Gasteiger partial charge < -0.3 is 0 Å². The van der Waals surface area contributed by atoms with Crippen molar-refractivity contribution in [2.24, 2.45) is 0 Å². The largest absolute Gasteiger partial charge is 0.0614 e. The molecule has 0 atom stereocenters. The topological polar surface area (TPSA) is 0 Å². The van der Waals surface area contributed by atoms with Crippen molar-refractivity contribution in [3.8, 4) is 22.3 Å². The van der Waals surface area contributed by atoms with Crippen LogP contribution < -0.4 is 0 Å². The summed E-state index contributed by atoms with van der Waals surface area (Å²) in [6, 6.07) is 47.8. The van der Waals surface area contributed by atoms with E-state index in [1.807, 2.05) is 0 Å². The van der Waals surface area contributed by atoms with Gasteiger partial charge in [-0.1, -0.05) is 113 Å². The lowest BCUT2D eigenvalue weighted by atomic mass is 9.88. The molecule has 0 aromatic heterocycles. The molecule has 0 N–H and O–H groups in total. The second-order valence-corrected chi connectivity index (χ2v) is 17.4. The van der Waals surface area contributed by atoms with E-state index in [1.165, 1.54) is 142 Å². The molecule has 0 bridgehead atoms. The summed E-state index contributed by atoms with van der Waals surface area (Å²) in [5.41, 5.74) is 13.4. The van der Waals surface area contributed by atoms with Gasteiger partial charge >= 0.3 is 0 Å². The standard InChI is InChI=1S/C56H46/c1-29(2)35-15-17-41-45(21-35)51-25-37(39-13-9-11-31(5)33(39)7)23-49-43-19-20-44-48(47(43)27-53(41)55(49)51)28-54-42-18-16-36(30(3)4)22-46(42)52-26-38(24-50(44)56(52)54)40-14-10-12-32(6)34(40)8/h9-30H,1-8H3. The molecular weight excluding hydrogens is 673 g/mol. The number of rotatable bonds is 4. The molecule has 11 aromatic carbocycles. The molecule has 0 heteroatoms. The Morgan fingerprint density at radius 3 is 1.00 bits per heavy atom. The third-order valence-electron chi connectivity index (χ3n) is 13.7. The zero-order valence-corrected chi connectivity index (χ0v) is 33.7. The molecule has 0 aliphatic carbocycles. The van der Waals surface area contributed by atoms with Crippen LogP contribution in [0.5, 0.6) is 0 Å². The Labute approximate surface area is 329 Å². The molecule has 0 saturated carbocycles. The number of hydrogen-bond donors (Lipinski definition) is 0. The second-order valence-electron chi connectivity index (χ2n) is 17.4. The Hall–Kier alpha value is -5.98. The fourth-order valence-electron chi connectivity index (χ4n) is 10.2. The predicted octanol–water partition coefficient (Wildman–Crippen LogP) is 16.6. The van der Waals surface area contributed by atoms with Crippen LogP contribution in [0.3, 0.4) is 0 Å². The zero-order valence-electron chi connectivity index (χ0n) is 33.7. The van der Waals surface area contributed by atoms with Gasteiger partial charge in [0.25, 0.3) is 0 Å². The molecule has 270 valence electrons. The Bertz CT molecular complexity index is 3210. The molecule has 0 aliphatic rings. The number of benzene rings is 9. The van der Waals surface area contributed by atoms with Gasteiger partial charge in [-0.3, -0.25) is 0 Å². The predicted molar refractivity (Wildman–Crippen MR) is 247 cm³/mol. The van der Waals surface area contributed by atoms with Crippen molar-refractivity contribution in [2.45, 2.75) is 67.2 Å². The molecule has 0 nitrogen and oxygen atoms in total. The smallest absolute Gasteiger partial charge is 0.00195 e. The molecule has 0 saturated heterocycles. The van der Waals surface area contributed by atoms with Crippen LogP contribution in [-0.4, -0.2) is 0 Å². The van der Waals surface area contributed by atoms with E-state index in [0.29, 0.717) is 11.8 Å². The minimum Gasteiger partial charge on any atom is -0.0614 e. The van der Waals surface area contributed by atoms with Crippen molar-refractivity contribution in [1.29, 1.82) is 0 Å². The summed E-state index contributed by atoms with van der Waals surface area (Å²) < 4.78 is 0. The summed E-state index contributed by atoms with van der Waals surface area (Å²) >= 11 is 0. The van der Waals surface area contributed by atoms with E-state index in [4.69, 9.17) is 0 Å². The van der Waals surface area contributed by atoms with Gasteiger partial charge in [0.2, 0.25) is 0 Å². The summed E-state index contributed by atoms with van der Waals surface area (Å²) in [5, 5.41) is 21.7. The van der Waals surface area contributed by atoms with Gasteiger partial charge in [-0.2, -0.15) is 0 Å². The van der Waals surface area contributed by atoms with Gasteiger partial charge in [0, 0.05) is 0 Å². The van der Waals surface area contributed by atoms with Crippen LogP contribution in [0.2, 0.25) is 0 Å². The Balaban J connectivity index is 1.33. The highest BCUT2D eigenvalue weighted by atomic mass is 14.3. The van der Waals surface area contributed by atoms with Crippen LogP contribution in [0.25, 0.3) is 108 Å². The average Bonchev–Trinajstić information content (AvgIpc) is 3.69. The molecule has 0 spiro atoms. The Kier molecular flexibility index (Phi) is 7.01. The molecule has 0 amide bonds. The maximum atomic E-state index is 2.54. The minimum atomic E-state index is 0.462. The lowest BCUT2D eigenvalue weighted by molar-refractivity contribution is 0.869. The van der Waals surface area contributed by atoms with Crippen molar-refractivity contribution >= 4 is 86.2 Å². The molecule has 0 heterocycles. The highest BCUT2D eigenvalue weighted by molar-refractivity contribution is 6.40. The highest BCUT2D eigenvalue weighted by Crippen LogP contribution is 2.50. The maximum Gasteiger partial charge on any atom is -0.00195 e. The van der Waals surface area contributed by atoms with E-state index in [1.54, 1.807) is 0 Å². The van der Waals surface area contributed by atoms with Crippen LogP contribution in [0, 0.1) is 27.7 Å². The first-order chi connectivity index (χ1) is 27.1. The van der Waals surface area contributed by atoms with E-state index in [0.717, 1.165) is 0 Å². The first-order valence-electron chi connectivity index (χ1n) is 20.5. The lowest BCUT2D eigenvalue weighted by Crippen LogP contribution is -1.89. The van der Waals surface area contributed by atoms with Crippen molar-refractivity contribution in [3.05, 3.63) is 155 Å². The summed E-state index contributed by atoms with van der Waals surface area (Å²) in [7, 11) is 0. The summed E-state index contributed by atoms with van der Waals surface area (Å²) in [6.45, 7) is 18.2. The van der Waals surface area contributed by atoms with Gasteiger partial charge in [0.15, 0.2) is 0 Å². The Morgan fingerprint density at radius 2 is 0.625 bits per heavy atom. The van der Waals surface area contributed by atoms with Crippen LogP contribution in [0.4, 0.5) is 0 Å². The summed E-state index contributed by atoms with van der Waals surface area (Å²) in [5.74, 6) is 0.924. The van der Waals surface area contributed by atoms with Crippen molar-refractivity contribution in [3.63, 3.8) is 0 Å². The first-order valence-corrected chi connectivity index (χ1v) is 20.5. The molecule has 11 rings (SSSR count). The van der Waals surface area contributed by atoms with E-state index in [9.17, 15) is 0 Å². The monoisotopic (exact) mass is 718 g/mol. The lowest BCUT2D eigenvalue weighted by Gasteiger charge is -2.15. The molecule has 0 aliphatic heterocycles. The highest BCUT2D eigenvalue weighted by Gasteiger charge is 2.22. The van der Waals surface area contributed by atoms with E-state index in [-0.39, 0.29) is 0 Å².